The fourth-order valence-electron chi connectivity index (χ4n) is 3.00. The molecule has 0 bridgehead atoms. The maximum Gasteiger partial charge on any atom is 0.418 e. The van der Waals surface area contributed by atoms with Crippen molar-refractivity contribution >= 4 is 35.0 Å². The number of aromatic nitrogens is 4. The van der Waals surface area contributed by atoms with Crippen LogP contribution in [0.5, 0.6) is 0 Å². The van der Waals surface area contributed by atoms with E-state index in [1.165, 1.54) is 18.4 Å². The summed E-state index contributed by atoms with van der Waals surface area (Å²) in [6, 6.07) is 10.4. The second-order valence-electron chi connectivity index (χ2n) is 6.71. The molecule has 3 heterocycles. The van der Waals surface area contributed by atoms with Gasteiger partial charge in [0.1, 0.15) is 5.76 Å². The van der Waals surface area contributed by atoms with Gasteiger partial charge in [-0.2, -0.15) is 13.2 Å². The molecule has 0 aliphatic carbocycles. The van der Waals surface area contributed by atoms with Crippen molar-refractivity contribution in [1.29, 1.82) is 0 Å². The highest BCUT2D eigenvalue weighted by atomic mass is 35.5. The van der Waals surface area contributed by atoms with Gasteiger partial charge in [0.25, 0.3) is 0 Å². The number of para-hydroxylation sites is 1. The third-order valence-electron chi connectivity index (χ3n) is 4.45. The van der Waals surface area contributed by atoms with E-state index >= 15 is 0 Å². The molecule has 1 amide bonds. The quantitative estimate of drug-likeness (QED) is 0.348. The number of nitrogens with zero attached hydrogens (tertiary/aromatic N) is 4. The van der Waals surface area contributed by atoms with E-state index in [4.69, 9.17) is 16.0 Å². The van der Waals surface area contributed by atoms with Crippen LogP contribution in [0.25, 0.3) is 11.4 Å². The number of alkyl halides is 3. The minimum absolute atomic E-state index is 0.206. The third-order valence-corrected chi connectivity index (χ3v) is 5.73. The van der Waals surface area contributed by atoms with Crippen LogP contribution < -0.4 is 5.32 Å². The lowest BCUT2D eigenvalue weighted by atomic mass is 10.1. The highest BCUT2D eigenvalue weighted by Gasteiger charge is 2.34. The summed E-state index contributed by atoms with van der Waals surface area (Å²) in [5.41, 5.74) is -0.794. The summed E-state index contributed by atoms with van der Waals surface area (Å²) in [7, 11) is 0. The van der Waals surface area contributed by atoms with Crippen LogP contribution in [-0.2, 0) is 17.5 Å². The van der Waals surface area contributed by atoms with Gasteiger partial charge in [0, 0.05) is 18.0 Å². The molecule has 0 atom stereocenters. The molecule has 33 heavy (non-hydrogen) atoms. The predicted octanol–water partition coefficient (Wildman–Crippen LogP) is 5.38. The average molecular weight is 494 g/mol. The second kappa shape index (κ2) is 9.67. The van der Waals surface area contributed by atoms with Crippen LogP contribution in [0.1, 0.15) is 11.3 Å². The fourth-order valence-corrected chi connectivity index (χ4v) is 3.96. The number of pyridine rings is 1. The number of anilines is 1. The van der Waals surface area contributed by atoms with E-state index < -0.39 is 23.3 Å². The zero-order chi connectivity index (χ0) is 23.4. The van der Waals surface area contributed by atoms with Crippen LogP contribution in [0, 0.1) is 0 Å². The van der Waals surface area contributed by atoms with Gasteiger partial charge in [-0.3, -0.25) is 14.3 Å². The molecule has 0 saturated carbocycles. The Morgan fingerprint density at radius 2 is 2.00 bits per heavy atom. The minimum Gasteiger partial charge on any atom is -0.467 e. The fraction of sp³-hybridized carbons (Fsp3) is 0.143. The van der Waals surface area contributed by atoms with Gasteiger partial charge in [-0.25, -0.2) is 0 Å². The number of hydrogen-bond donors (Lipinski definition) is 1. The van der Waals surface area contributed by atoms with Crippen molar-refractivity contribution in [2.24, 2.45) is 0 Å². The van der Waals surface area contributed by atoms with Gasteiger partial charge in [0.05, 0.1) is 34.8 Å². The Morgan fingerprint density at radius 3 is 2.70 bits per heavy atom. The number of amides is 1. The highest BCUT2D eigenvalue weighted by molar-refractivity contribution is 7.99. The number of rotatable bonds is 7. The van der Waals surface area contributed by atoms with Crippen LogP contribution >= 0.6 is 23.4 Å². The largest absolute Gasteiger partial charge is 0.467 e. The molecule has 0 aliphatic rings. The number of furan rings is 1. The second-order valence-corrected chi connectivity index (χ2v) is 8.06. The summed E-state index contributed by atoms with van der Waals surface area (Å²) < 4.78 is 47.0. The van der Waals surface area contributed by atoms with Crippen LogP contribution in [0.3, 0.4) is 0 Å². The van der Waals surface area contributed by atoms with Crippen molar-refractivity contribution in [2.75, 3.05) is 11.1 Å². The topological polar surface area (TPSA) is 85.8 Å². The van der Waals surface area contributed by atoms with E-state index in [1.807, 2.05) is 6.07 Å². The van der Waals surface area contributed by atoms with Crippen molar-refractivity contribution in [3.8, 4) is 11.4 Å². The first-order chi connectivity index (χ1) is 15.8. The molecular formula is C21H15ClF3N5O2S. The first-order valence-electron chi connectivity index (χ1n) is 9.47. The van der Waals surface area contributed by atoms with Crippen LogP contribution in [-0.4, -0.2) is 31.4 Å². The Bertz CT molecular complexity index is 1250. The van der Waals surface area contributed by atoms with E-state index in [1.54, 1.807) is 35.2 Å². The van der Waals surface area contributed by atoms with Gasteiger partial charge in [-0.1, -0.05) is 29.4 Å². The Labute approximate surface area is 195 Å². The Kier molecular flexibility index (Phi) is 6.70. The van der Waals surface area contributed by atoms with Crippen molar-refractivity contribution in [2.45, 2.75) is 17.9 Å². The molecule has 0 fully saturated rings. The number of hydrogen-bond acceptors (Lipinski definition) is 6. The monoisotopic (exact) mass is 493 g/mol. The number of carbonyl (C=O) groups excluding carboxylic acids is 1. The lowest BCUT2D eigenvalue weighted by molar-refractivity contribution is -0.137. The van der Waals surface area contributed by atoms with E-state index in [-0.39, 0.29) is 17.3 Å². The summed E-state index contributed by atoms with van der Waals surface area (Å²) in [5.74, 6) is 0.255. The molecule has 1 N–H and O–H groups in total. The van der Waals surface area contributed by atoms with Crippen molar-refractivity contribution in [3.63, 3.8) is 0 Å². The van der Waals surface area contributed by atoms with Gasteiger partial charge in [0.2, 0.25) is 5.91 Å². The number of thioether (sulfide) groups is 1. The van der Waals surface area contributed by atoms with Crippen LogP contribution in [0.15, 0.2) is 70.7 Å². The van der Waals surface area contributed by atoms with Gasteiger partial charge in [0.15, 0.2) is 11.0 Å². The maximum absolute atomic E-state index is 13.3. The molecular weight excluding hydrogens is 479 g/mol. The summed E-state index contributed by atoms with van der Waals surface area (Å²) in [4.78, 5) is 16.6. The summed E-state index contributed by atoms with van der Waals surface area (Å²) in [6.45, 7) is 0.289. The summed E-state index contributed by atoms with van der Waals surface area (Å²) >= 11 is 6.93. The molecule has 170 valence electrons. The van der Waals surface area contributed by atoms with E-state index in [9.17, 15) is 18.0 Å². The zero-order valence-electron chi connectivity index (χ0n) is 16.7. The Morgan fingerprint density at radius 1 is 1.15 bits per heavy atom. The van der Waals surface area contributed by atoms with Crippen molar-refractivity contribution in [1.82, 2.24) is 19.7 Å². The number of nitrogens with one attached hydrogen (secondary N) is 1. The SMILES string of the molecule is O=C(CSc1nnc(-c2cccnc2)n1Cc1ccco1)Nc1c(Cl)cccc1C(F)(F)F. The molecule has 4 aromatic rings. The molecule has 0 aliphatic heterocycles. The minimum atomic E-state index is -4.66. The normalized spacial score (nSPS) is 11.5. The lowest BCUT2D eigenvalue weighted by Gasteiger charge is -2.15. The average Bonchev–Trinajstić information content (AvgIpc) is 3.44. The van der Waals surface area contributed by atoms with Crippen molar-refractivity contribution < 1.29 is 22.4 Å². The van der Waals surface area contributed by atoms with Gasteiger partial charge in [-0.15, -0.1) is 10.2 Å². The number of benzene rings is 1. The molecule has 0 spiro atoms. The van der Waals surface area contributed by atoms with Crippen molar-refractivity contribution in [3.05, 3.63) is 77.5 Å². The zero-order valence-corrected chi connectivity index (χ0v) is 18.3. The van der Waals surface area contributed by atoms with E-state index in [2.05, 4.69) is 20.5 Å². The van der Waals surface area contributed by atoms with E-state index in [0.717, 1.165) is 17.8 Å². The molecule has 4 rings (SSSR count). The van der Waals surface area contributed by atoms with Gasteiger partial charge in [-0.05, 0) is 36.4 Å². The van der Waals surface area contributed by atoms with Crippen LogP contribution in [0.2, 0.25) is 5.02 Å². The lowest BCUT2D eigenvalue weighted by Crippen LogP contribution is -2.19. The molecule has 0 unspecified atom stereocenters. The maximum atomic E-state index is 13.3. The smallest absolute Gasteiger partial charge is 0.418 e. The summed E-state index contributed by atoms with van der Waals surface area (Å²) in [6.07, 6.45) is 0.120. The number of halogens is 4. The number of carbonyl (C=O) groups is 1. The third kappa shape index (κ3) is 5.37. The first kappa shape index (κ1) is 22.9. The predicted molar refractivity (Wildman–Crippen MR) is 117 cm³/mol. The molecule has 12 heteroatoms. The van der Waals surface area contributed by atoms with Gasteiger partial charge >= 0.3 is 6.18 Å². The highest BCUT2D eigenvalue weighted by Crippen LogP contribution is 2.38. The van der Waals surface area contributed by atoms with E-state index in [0.29, 0.717) is 22.3 Å². The molecule has 7 nitrogen and oxygen atoms in total. The molecule has 3 aromatic heterocycles. The first-order valence-corrected chi connectivity index (χ1v) is 10.8. The Hall–Kier alpha value is -3.31. The molecule has 1 aromatic carbocycles. The summed E-state index contributed by atoms with van der Waals surface area (Å²) in [5, 5.41) is 10.8. The standard InChI is InChI=1S/C21H15ClF3N5O2S/c22-16-7-1-6-15(21(23,24)25)18(16)27-17(31)12-33-20-29-28-19(13-4-2-8-26-10-13)30(20)11-14-5-3-9-32-14/h1-10H,11-12H2,(H,27,31). The molecule has 0 saturated heterocycles. The van der Waals surface area contributed by atoms with Gasteiger partial charge < -0.3 is 9.73 Å². The molecule has 0 radical (unpaired) electrons. The Balaban J connectivity index is 1.54. The van der Waals surface area contributed by atoms with Crippen LogP contribution in [0.4, 0.5) is 18.9 Å².